The van der Waals surface area contributed by atoms with Gasteiger partial charge in [-0.15, -0.1) is 11.3 Å². The first-order valence-corrected chi connectivity index (χ1v) is 6.09. The smallest absolute Gasteiger partial charge is 0.263 e. The molecular weight excluding hydrogens is 210 g/mol. The molecule has 0 saturated carbocycles. The monoisotopic (exact) mass is 225 g/mol. The van der Waals surface area contributed by atoms with Crippen molar-refractivity contribution in [2.24, 2.45) is 0 Å². The number of amides is 1. The van der Waals surface area contributed by atoms with Crippen LogP contribution in [-0.4, -0.2) is 41.5 Å². The molecule has 1 aliphatic rings. The van der Waals surface area contributed by atoms with Gasteiger partial charge in [-0.25, -0.2) is 0 Å². The molecule has 0 bridgehead atoms. The fourth-order valence-electron chi connectivity index (χ4n) is 1.82. The molecule has 1 aromatic rings. The predicted molar refractivity (Wildman–Crippen MR) is 60.1 cm³/mol. The van der Waals surface area contributed by atoms with Crippen LogP contribution in [0.2, 0.25) is 0 Å². The van der Waals surface area contributed by atoms with Crippen LogP contribution in [-0.2, 0) is 0 Å². The highest BCUT2D eigenvalue weighted by atomic mass is 32.1. The van der Waals surface area contributed by atoms with E-state index in [4.69, 9.17) is 0 Å². The first kappa shape index (κ1) is 10.6. The van der Waals surface area contributed by atoms with Crippen molar-refractivity contribution < 1.29 is 4.79 Å². The van der Waals surface area contributed by atoms with Crippen LogP contribution < -0.4 is 5.32 Å². The van der Waals surface area contributed by atoms with Crippen molar-refractivity contribution >= 4 is 17.2 Å². The zero-order chi connectivity index (χ0) is 10.7. The van der Waals surface area contributed by atoms with E-state index < -0.39 is 0 Å². The van der Waals surface area contributed by atoms with E-state index in [1.165, 1.54) is 11.3 Å². The van der Waals surface area contributed by atoms with E-state index >= 15 is 0 Å². The van der Waals surface area contributed by atoms with Crippen molar-refractivity contribution in [1.82, 2.24) is 15.2 Å². The topological polar surface area (TPSA) is 45.2 Å². The van der Waals surface area contributed by atoms with Crippen molar-refractivity contribution in [3.8, 4) is 0 Å². The van der Waals surface area contributed by atoms with Crippen molar-refractivity contribution in [1.29, 1.82) is 0 Å². The lowest BCUT2D eigenvalue weighted by Crippen LogP contribution is -2.36. The Bertz CT molecular complexity index is 325. The third-order valence-electron chi connectivity index (χ3n) is 2.71. The summed E-state index contributed by atoms with van der Waals surface area (Å²) < 4.78 is 0. The highest BCUT2D eigenvalue weighted by Crippen LogP contribution is 2.10. The number of hydrogen-bond acceptors (Lipinski definition) is 4. The number of hydrogen-bond donors (Lipinski definition) is 1. The lowest BCUT2D eigenvalue weighted by Gasteiger charge is -2.13. The average Bonchev–Trinajstić information content (AvgIpc) is 2.87. The summed E-state index contributed by atoms with van der Waals surface area (Å²) in [6, 6.07) is 0.305. The second-order valence-electron chi connectivity index (χ2n) is 3.72. The molecule has 0 radical (unpaired) electrons. The van der Waals surface area contributed by atoms with Gasteiger partial charge in [-0.05, 0) is 13.0 Å². The van der Waals surface area contributed by atoms with Gasteiger partial charge in [0, 0.05) is 19.1 Å². The van der Waals surface area contributed by atoms with Crippen LogP contribution in [0.4, 0.5) is 0 Å². The van der Waals surface area contributed by atoms with Gasteiger partial charge < -0.3 is 10.2 Å². The highest BCUT2D eigenvalue weighted by molar-refractivity contribution is 7.11. The van der Waals surface area contributed by atoms with Crippen LogP contribution in [0.1, 0.15) is 23.0 Å². The van der Waals surface area contributed by atoms with Crippen LogP contribution in [0.5, 0.6) is 0 Å². The Labute approximate surface area is 93.3 Å². The molecule has 1 N–H and O–H groups in total. The molecule has 1 amide bonds. The number of thiazole rings is 1. The molecule has 15 heavy (non-hydrogen) atoms. The predicted octanol–water partition coefficient (Wildman–Crippen LogP) is 0.967. The number of aromatic nitrogens is 1. The lowest BCUT2D eigenvalue weighted by molar-refractivity contribution is 0.0942. The Balaban J connectivity index is 1.86. The number of carbonyl (C=O) groups is 1. The molecule has 1 fully saturated rings. The van der Waals surface area contributed by atoms with Crippen molar-refractivity contribution in [3.63, 3.8) is 0 Å². The Morgan fingerprint density at radius 3 is 3.27 bits per heavy atom. The van der Waals surface area contributed by atoms with Gasteiger partial charge >= 0.3 is 0 Å². The standard InChI is InChI=1S/C10H15N3OS/c1-2-13-4-3-8(6-13)12-10(14)9-5-11-7-15-9/h5,7-8H,2-4,6H2,1H3,(H,12,14). The zero-order valence-corrected chi connectivity index (χ0v) is 9.59. The minimum atomic E-state index is 0.0143. The second-order valence-corrected chi connectivity index (χ2v) is 4.60. The third kappa shape index (κ3) is 2.54. The molecule has 1 atom stereocenters. The molecule has 2 rings (SSSR count). The number of nitrogens with zero attached hydrogens (tertiary/aromatic N) is 2. The molecule has 0 aliphatic carbocycles. The van der Waals surface area contributed by atoms with E-state index in [0.717, 1.165) is 26.1 Å². The molecular formula is C10H15N3OS. The maximum absolute atomic E-state index is 11.7. The first-order chi connectivity index (χ1) is 7.29. The minimum Gasteiger partial charge on any atom is -0.347 e. The number of likely N-dealkylation sites (N-methyl/N-ethyl adjacent to an activating group) is 1. The van der Waals surface area contributed by atoms with Gasteiger partial charge in [0.2, 0.25) is 0 Å². The average molecular weight is 225 g/mol. The summed E-state index contributed by atoms with van der Waals surface area (Å²) in [5.41, 5.74) is 1.68. The zero-order valence-electron chi connectivity index (χ0n) is 8.77. The number of carbonyl (C=O) groups excluding carboxylic acids is 1. The molecule has 0 aromatic carbocycles. The molecule has 82 valence electrons. The van der Waals surface area contributed by atoms with E-state index in [2.05, 4.69) is 22.1 Å². The van der Waals surface area contributed by atoms with Gasteiger partial charge in [-0.2, -0.15) is 0 Å². The molecule has 1 saturated heterocycles. The van der Waals surface area contributed by atoms with E-state index in [1.807, 2.05) is 0 Å². The lowest BCUT2D eigenvalue weighted by atomic mass is 10.2. The molecule has 2 heterocycles. The summed E-state index contributed by atoms with van der Waals surface area (Å²) in [4.78, 5) is 18.6. The maximum atomic E-state index is 11.7. The normalized spacial score (nSPS) is 21.8. The molecule has 1 aromatic heterocycles. The van der Waals surface area contributed by atoms with Crippen molar-refractivity contribution in [2.45, 2.75) is 19.4 Å². The summed E-state index contributed by atoms with van der Waals surface area (Å²) in [6.45, 7) is 5.27. The fraction of sp³-hybridized carbons (Fsp3) is 0.600. The van der Waals surface area contributed by atoms with Crippen LogP contribution in [0.25, 0.3) is 0 Å². The van der Waals surface area contributed by atoms with Gasteiger partial charge in [-0.1, -0.05) is 6.92 Å². The van der Waals surface area contributed by atoms with Crippen molar-refractivity contribution in [2.75, 3.05) is 19.6 Å². The summed E-state index contributed by atoms with van der Waals surface area (Å²) >= 11 is 1.38. The van der Waals surface area contributed by atoms with Crippen LogP contribution in [0.3, 0.4) is 0 Å². The van der Waals surface area contributed by atoms with Crippen molar-refractivity contribution in [3.05, 3.63) is 16.6 Å². The fourth-order valence-corrected chi connectivity index (χ4v) is 2.35. The van der Waals surface area contributed by atoms with Gasteiger partial charge in [0.05, 0.1) is 11.7 Å². The first-order valence-electron chi connectivity index (χ1n) is 5.21. The largest absolute Gasteiger partial charge is 0.347 e. The Hall–Kier alpha value is -0.940. The minimum absolute atomic E-state index is 0.0143. The van der Waals surface area contributed by atoms with E-state index in [9.17, 15) is 4.79 Å². The number of rotatable bonds is 3. The maximum Gasteiger partial charge on any atom is 0.263 e. The van der Waals surface area contributed by atoms with Gasteiger partial charge in [0.1, 0.15) is 4.88 Å². The van der Waals surface area contributed by atoms with Gasteiger partial charge in [0.15, 0.2) is 0 Å². The molecule has 0 spiro atoms. The Morgan fingerprint density at radius 2 is 2.67 bits per heavy atom. The van der Waals surface area contributed by atoms with E-state index in [1.54, 1.807) is 11.7 Å². The second kappa shape index (κ2) is 4.72. The highest BCUT2D eigenvalue weighted by Gasteiger charge is 2.23. The molecule has 4 nitrogen and oxygen atoms in total. The summed E-state index contributed by atoms with van der Waals surface area (Å²) in [5.74, 6) is 0.0143. The third-order valence-corrected chi connectivity index (χ3v) is 3.48. The van der Waals surface area contributed by atoms with Crippen LogP contribution >= 0.6 is 11.3 Å². The summed E-state index contributed by atoms with van der Waals surface area (Å²) in [7, 11) is 0. The van der Waals surface area contributed by atoms with Crippen LogP contribution in [0, 0.1) is 0 Å². The number of likely N-dealkylation sites (tertiary alicyclic amines) is 1. The van der Waals surface area contributed by atoms with Crippen LogP contribution in [0.15, 0.2) is 11.7 Å². The summed E-state index contributed by atoms with van der Waals surface area (Å²) in [5, 5.41) is 3.04. The SMILES string of the molecule is CCN1CCC(NC(=O)c2cncs2)C1. The molecule has 5 heteroatoms. The number of nitrogens with one attached hydrogen (secondary N) is 1. The van der Waals surface area contributed by atoms with E-state index in [0.29, 0.717) is 10.9 Å². The Morgan fingerprint density at radius 1 is 1.80 bits per heavy atom. The Kier molecular flexibility index (Phi) is 3.33. The quantitative estimate of drug-likeness (QED) is 0.833. The van der Waals surface area contributed by atoms with Gasteiger partial charge in [0.25, 0.3) is 5.91 Å². The summed E-state index contributed by atoms with van der Waals surface area (Å²) in [6.07, 6.45) is 2.67. The molecule has 1 aliphatic heterocycles. The molecule has 1 unspecified atom stereocenters. The van der Waals surface area contributed by atoms with Gasteiger partial charge in [-0.3, -0.25) is 9.78 Å². The van der Waals surface area contributed by atoms with E-state index in [-0.39, 0.29) is 5.91 Å².